The van der Waals surface area contributed by atoms with E-state index in [1.54, 1.807) is 0 Å². The molecule has 8 rings (SSSR count). The minimum Gasteiger partial charge on any atom is -0.456 e. The van der Waals surface area contributed by atoms with Crippen LogP contribution in [0.25, 0.3) is 78.0 Å². The van der Waals surface area contributed by atoms with E-state index in [2.05, 4.69) is 72.8 Å². The van der Waals surface area contributed by atoms with Crippen molar-refractivity contribution in [2.24, 2.45) is 0 Å². The third-order valence-electron chi connectivity index (χ3n) is 7.50. The van der Waals surface area contributed by atoms with Crippen molar-refractivity contribution in [3.63, 3.8) is 0 Å². The Bertz CT molecular complexity index is 2200. The molecule has 2 aromatic heterocycles. The highest BCUT2D eigenvalue weighted by Crippen LogP contribution is 2.39. The summed E-state index contributed by atoms with van der Waals surface area (Å²) in [5.41, 5.74) is 6.57. The molecule has 41 heavy (non-hydrogen) atoms. The maximum atomic E-state index is 6.38. The summed E-state index contributed by atoms with van der Waals surface area (Å²) in [5.74, 6) is 1.87. The second-order valence-corrected chi connectivity index (χ2v) is 10.1. The third kappa shape index (κ3) is 4.14. The van der Waals surface area contributed by atoms with Crippen LogP contribution in [0.5, 0.6) is 0 Å². The van der Waals surface area contributed by atoms with E-state index in [1.165, 1.54) is 5.39 Å². The molecule has 0 N–H and O–H groups in total. The number of aromatic nitrogens is 3. The van der Waals surface area contributed by atoms with Crippen LogP contribution in [-0.4, -0.2) is 15.0 Å². The van der Waals surface area contributed by atoms with Gasteiger partial charge in [0.05, 0.1) is 0 Å². The molecular formula is C37H23N3O. The van der Waals surface area contributed by atoms with Gasteiger partial charge in [0.1, 0.15) is 11.2 Å². The maximum Gasteiger partial charge on any atom is 0.164 e. The molecule has 192 valence electrons. The predicted molar refractivity (Wildman–Crippen MR) is 166 cm³/mol. The fourth-order valence-electron chi connectivity index (χ4n) is 5.50. The van der Waals surface area contributed by atoms with Crippen molar-refractivity contribution in [2.45, 2.75) is 0 Å². The Kier molecular flexibility index (Phi) is 5.42. The number of nitrogens with zero attached hydrogens (tertiary/aromatic N) is 3. The largest absolute Gasteiger partial charge is 0.456 e. The van der Waals surface area contributed by atoms with E-state index in [0.29, 0.717) is 17.5 Å². The van der Waals surface area contributed by atoms with Gasteiger partial charge in [-0.05, 0) is 46.2 Å². The summed E-state index contributed by atoms with van der Waals surface area (Å²) in [6.07, 6.45) is 0. The quantitative estimate of drug-likeness (QED) is 0.230. The summed E-state index contributed by atoms with van der Waals surface area (Å²) < 4.78 is 6.38. The molecule has 0 amide bonds. The lowest BCUT2D eigenvalue weighted by atomic mass is 9.98. The summed E-state index contributed by atoms with van der Waals surface area (Å²) in [5, 5.41) is 4.35. The SMILES string of the molecule is c1ccc(-c2cc(-c3nc(-c4ccccc4)nc(-c4ccc5ccccc5c4)n3)c3c(c2)oc2ccccc23)cc1. The lowest BCUT2D eigenvalue weighted by Crippen LogP contribution is -2.00. The first-order valence-corrected chi connectivity index (χ1v) is 13.6. The lowest BCUT2D eigenvalue weighted by Gasteiger charge is -2.11. The average molecular weight is 526 g/mol. The average Bonchev–Trinajstić information content (AvgIpc) is 3.43. The zero-order valence-corrected chi connectivity index (χ0v) is 22.0. The molecule has 6 aromatic carbocycles. The summed E-state index contributed by atoms with van der Waals surface area (Å²) in [6, 6.07) is 47.5. The zero-order chi connectivity index (χ0) is 27.2. The Hall–Kier alpha value is -5.61. The van der Waals surface area contributed by atoms with E-state index in [0.717, 1.165) is 55.1 Å². The van der Waals surface area contributed by atoms with Crippen molar-refractivity contribution in [2.75, 3.05) is 0 Å². The maximum absolute atomic E-state index is 6.38. The van der Waals surface area contributed by atoms with Crippen LogP contribution >= 0.6 is 0 Å². The van der Waals surface area contributed by atoms with Crippen LogP contribution in [0.1, 0.15) is 0 Å². The van der Waals surface area contributed by atoms with E-state index in [1.807, 2.05) is 66.7 Å². The first-order chi connectivity index (χ1) is 20.3. The van der Waals surface area contributed by atoms with Gasteiger partial charge in [0.15, 0.2) is 17.5 Å². The van der Waals surface area contributed by atoms with Gasteiger partial charge < -0.3 is 4.42 Å². The van der Waals surface area contributed by atoms with Crippen molar-refractivity contribution >= 4 is 32.7 Å². The standard InChI is InChI=1S/C37H23N3O/c1-3-11-24(12-4-1)29-22-31(34-30-17-9-10-18-32(30)41-33(34)23-29)37-39-35(26-14-5-2-6-15-26)38-36(40-37)28-20-19-25-13-7-8-16-27(25)21-28/h1-23H. The van der Waals surface area contributed by atoms with Crippen LogP contribution in [-0.2, 0) is 0 Å². The number of furan rings is 1. The van der Waals surface area contributed by atoms with Crippen molar-refractivity contribution in [3.05, 3.63) is 140 Å². The number of hydrogen-bond donors (Lipinski definition) is 0. The van der Waals surface area contributed by atoms with Gasteiger partial charge in [-0.3, -0.25) is 0 Å². The second kappa shape index (κ2) is 9.54. The molecule has 0 unspecified atom stereocenters. The minimum atomic E-state index is 0.608. The molecular weight excluding hydrogens is 502 g/mol. The first kappa shape index (κ1) is 23.3. The molecule has 4 nitrogen and oxygen atoms in total. The van der Waals surface area contributed by atoms with E-state index in [4.69, 9.17) is 19.4 Å². The van der Waals surface area contributed by atoms with Crippen molar-refractivity contribution in [1.82, 2.24) is 15.0 Å². The van der Waals surface area contributed by atoms with Crippen LogP contribution in [0.4, 0.5) is 0 Å². The molecule has 0 radical (unpaired) electrons. The molecule has 0 aliphatic carbocycles. The molecule has 0 spiro atoms. The first-order valence-electron chi connectivity index (χ1n) is 13.6. The van der Waals surface area contributed by atoms with Crippen LogP contribution in [0.15, 0.2) is 144 Å². The van der Waals surface area contributed by atoms with E-state index in [9.17, 15) is 0 Å². The normalized spacial score (nSPS) is 11.4. The van der Waals surface area contributed by atoms with Crippen molar-refractivity contribution < 1.29 is 4.42 Å². The molecule has 2 heterocycles. The molecule has 4 heteroatoms. The predicted octanol–water partition coefficient (Wildman–Crippen LogP) is 9.59. The molecule has 0 aliphatic heterocycles. The monoisotopic (exact) mass is 525 g/mol. The topological polar surface area (TPSA) is 51.8 Å². The molecule has 0 saturated carbocycles. The smallest absolute Gasteiger partial charge is 0.164 e. The van der Waals surface area contributed by atoms with Gasteiger partial charge in [-0.2, -0.15) is 0 Å². The highest BCUT2D eigenvalue weighted by Gasteiger charge is 2.19. The molecule has 0 saturated heterocycles. The van der Waals surface area contributed by atoms with Gasteiger partial charge in [-0.1, -0.05) is 115 Å². The second-order valence-electron chi connectivity index (χ2n) is 10.1. The van der Waals surface area contributed by atoms with E-state index < -0.39 is 0 Å². The Morgan fingerprint density at radius 1 is 0.390 bits per heavy atom. The van der Waals surface area contributed by atoms with Crippen LogP contribution in [0.3, 0.4) is 0 Å². The molecule has 8 aromatic rings. The number of hydrogen-bond acceptors (Lipinski definition) is 4. The Morgan fingerprint density at radius 2 is 1.02 bits per heavy atom. The van der Waals surface area contributed by atoms with Gasteiger partial charge in [-0.15, -0.1) is 0 Å². The zero-order valence-electron chi connectivity index (χ0n) is 22.0. The Morgan fingerprint density at radius 3 is 1.83 bits per heavy atom. The summed E-state index contributed by atoms with van der Waals surface area (Å²) >= 11 is 0. The van der Waals surface area contributed by atoms with Gasteiger partial charge in [0.25, 0.3) is 0 Å². The van der Waals surface area contributed by atoms with Gasteiger partial charge in [0, 0.05) is 27.5 Å². The van der Waals surface area contributed by atoms with Crippen LogP contribution < -0.4 is 0 Å². The van der Waals surface area contributed by atoms with E-state index in [-0.39, 0.29) is 0 Å². The molecule has 0 bridgehead atoms. The van der Waals surface area contributed by atoms with Crippen molar-refractivity contribution in [1.29, 1.82) is 0 Å². The molecule has 0 aliphatic rings. The van der Waals surface area contributed by atoms with Crippen LogP contribution in [0, 0.1) is 0 Å². The summed E-state index contributed by atoms with van der Waals surface area (Å²) in [6.45, 7) is 0. The Balaban J connectivity index is 1.43. The minimum absolute atomic E-state index is 0.608. The summed E-state index contributed by atoms with van der Waals surface area (Å²) in [7, 11) is 0. The summed E-state index contributed by atoms with van der Waals surface area (Å²) in [4.78, 5) is 15.2. The van der Waals surface area contributed by atoms with Gasteiger partial charge in [-0.25, -0.2) is 15.0 Å². The fraction of sp³-hybridized carbons (Fsp3) is 0. The van der Waals surface area contributed by atoms with Crippen LogP contribution in [0.2, 0.25) is 0 Å². The lowest BCUT2D eigenvalue weighted by molar-refractivity contribution is 0.669. The number of benzene rings is 6. The number of para-hydroxylation sites is 1. The fourth-order valence-corrected chi connectivity index (χ4v) is 5.50. The highest BCUT2D eigenvalue weighted by atomic mass is 16.3. The highest BCUT2D eigenvalue weighted by molar-refractivity contribution is 6.13. The molecule has 0 fully saturated rings. The molecule has 0 atom stereocenters. The number of rotatable bonds is 4. The van der Waals surface area contributed by atoms with E-state index >= 15 is 0 Å². The number of fused-ring (bicyclic) bond motifs is 4. The Labute approximate surface area is 236 Å². The van der Waals surface area contributed by atoms with Gasteiger partial charge >= 0.3 is 0 Å². The van der Waals surface area contributed by atoms with Crippen molar-refractivity contribution in [3.8, 4) is 45.3 Å². The van der Waals surface area contributed by atoms with Gasteiger partial charge in [0.2, 0.25) is 0 Å². The third-order valence-corrected chi connectivity index (χ3v) is 7.50.